The number of ketones is 1. The maximum atomic E-state index is 12.1. The number of hydrogen-bond acceptors (Lipinski definition) is 2. The highest BCUT2D eigenvalue weighted by molar-refractivity contribution is 5.95. The van der Waals surface area contributed by atoms with Gasteiger partial charge in [-0.25, -0.2) is 0 Å². The van der Waals surface area contributed by atoms with Crippen LogP contribution in [-0.2, 0) is 10.2 Å². The van der Waals surface area contributed by atoms with Gasteiger partial charge in [-0.1, -0.05) is 19.4 Å². The maximum Gasteiger partial charge on any atom is 0.158 e. The SMILES string of the molecule is C=C(C)C(=O)CC1(c2cc3ccc2o3)CCCC1. The van der Waals surface area contributed by atoms with Crippen molar-refractivity contribution >= 4 is 16.9 Å². The number of rotatable bonds is 4. The van der Waals surface area contributed by atoms with Gasteiger partial charge in [-0.05, 0) is 43.5 Å². The average Bonchev–Trinajstić information content (AvgIpc) is 3.04. The van der Waals surface area contributed by atoms with Crippen molar-refractivity contribution in [3.8, 4) is 0 Å². The first-order valence-corrected chi connectivity index (χ1v) is 6.62. The fraction of sp³-hybridized carbons (Fsp3) is 0.438. The number of hydrogen-bond donors (Lipinski definition) is 0. The summed E-state index contributed by atoms with van der Waals surface area (Å²) in [6.07, 6.45) is 5.17. The van der Waals surface area contributed by atoms with Crippen molar-refractivity contribution in [2.45, 2.75) is 44.4 Å². The Hall–Kier alpha value is -1.57. The van der Waals surface area contributed by atoms with Crippen LogP contribution in [0.5, 0.6) is 0 Å². The summed E-state index contributed by atoms with van der Waals surface area (Å²) in [5, 5.41) is 0. The molecule has 1 fully saturated rings. The van der Waals surface area contributed by atoms with Gasteiger partial charge in [0.15, 0.2) is 5.78 Å². The van der Waals surface area contributed by atoms with Crippen LogP contribution in [0.1, 0.15) is 44.6 Å². The second-order valence-electron chi connectivity index (χ2n) is 5.63. The lowest BCUT2D eigenvalue weighted by molar-refractivity contribution is -0.116. The second kappa shape index (κ2) is 3.98. The maximum absolute atomic E-state index is 12.1. The van der Waals surface area contributed by atoms with Crippen LogP contribution in [0.2, 0.25) is 0 Å². The summed E-state index contributed by atoms with van der Waals surface area (Å²) < 4.78 is 5.66. The standard InChI is InChI=1S/C16H18O2/c1-11(2)14(17)10-16(7-3-4-8-16)13-9-12-5-6-15(13)18-12/h5-6,9H,1,3-4,7-8,10H2,2H3. The Morgan fingerprint density at radius 3 is 2.61 bits per heavy atom. The van der Waals surface area contributed by atoms with Crippen molar-refractivity contribution in [3.63, 3.8) is 0 Å². The molecular weight excluding hydrogens is 224 g/mol. The Morgan fingerprint density at radius 1 is 1.39 bits per heavy atom. The van der Waals surface area contributed by atoms with E-state index in [4.69, 9.17) is 4.42 Å². The highest BCUT2D eigenvalue weighted by atomic mass is 16.3. The number of allylic oxidation sites excluding steroid dienone is 1. The van der Waals surface area contributed by atoms with Gasteiger partial charge in [0, 0.05) is 17.4 Å². The number of benzene rings is 1. The van der Waals surface area contributed by atoms with E-state index in [1.807, 2.05) is 12.1 Å². The van der Waals surface area contributed by atoms with E-state index in [9.17, 15) is 4.79 Å². The molecule has 18 heavy (non-hydrogen) atoms. The summed E-state index contributed by atoms with van der Waals surface area (Å²) in [6.45, 7) is 5.58. The Labute approximate surface area is 107 Å². The van der Waals surface area contributed by atoms with Crippen molar-refractivity contribution < 1.29 is 9.21 Å². The monoisotopic (exact) mass is 242 g/mol. The molecule has 0 unspecified atom stereocenters. The van der Waals surface area contributed by atoms with Gasteiger partial charge in [0.1, 0.15) is 11.2 Å². The molecule has 0 aromatic carbocycles. The fourth-order valence-corrected chi connectivity index (χ4v) is 3.25. The molecule has 2 nitrogen and oxygen atoms in total. The van der Waals surface area contributed by atoms with E-state index in [2.05, 4.69) is 12.6 Å². The summed E-state index contributed by atoms with van der Waals surface area (Å²) in [5.74, 6) is 0.190. The van der Waals surface area contributed by atoms with Gasteiger partial charge in [-0.15, -0.1) is 0 Å². The van der Waals surface area contributed by atoms with Gasteiger partial charge < -0.3 is 4.42 Å². The van der Waals surface area contributed by atoms with Crippen LogP contribution >= 0.6 is 0 Å². The minimum atomic E-state index is -0.00211. The number of fused-ring (bicyclic) bond motifs is 2. The average molecular weight is 242 g/mol. The number of carbonyl (C=O) groups is 1. The molecule has 0 aliphatic heterocycles. The summed E-state index contributed by atoms with van der Waals surface area (Å²) in [6, 6.07) is 6.13. The lowest BCUT2D eigenvalue weighted by atomic mass is 9.74. The topological polar surface area (TPSA) is 30.2 Å². The molecule has 2 heterocycles. The van der Waals surface area contributed by atoms with Gasteiger partial charge in [0.05, 0.1) is 0 Å². The predicted octanol–water partition coefficient (Wildman–Crippen LogP) is 4.22. The molecule has 0 spiro atoms. The molecule has 2 heteroatoms. The quantitative estimate of drug-likeness (QED) is 0.751. The van der Waals surface area contributed by atoms with Crippen molar-refractivity contribution in [2.75, 3.05) is 0 Å². The molecule has 1 saturated carbocycles. The smallest absolute Gasteiger partial charge is 0.158 e. The van der Waals surface area contributed by atoms with E-state index in [1.54, 1.807) is 6.92 Å². The van der Waals surface area contributed by atoms with Crippen LogP contribution in [0.15, 0.2) is 34.8 Å². The zero-order valence-electron chi connectivity index (χ0n) is 10.8. The molecule has 2 aromatic heterocycles. The lowest BCUT2D eigenvalue weighted by Crippen LogP contribution is -2.26. The van der Waals surface area contributed by atoms with Gasteiger partial charge in [-0.2, -0.15) is 0 Å². The van der Waals surface area contributed by atoms with Crippen LogP contribution in [0.25, 0.3) is 11.2 Å². The fourth-order valence-electron chi connectivity index (χ4n) is 3.25. The zero-order valence-corrected chi connectivity index (χ0v) is 10.8. The molecule has 2 bridgehead atoms. The Morgan fingerprint density at radius 2 is 2.11 bits per heavy atom. The summed E-state index contributed by atoms with van der Waals surface area (Å²) in [4.78, 5) is 12.1. The van der Waals surface area contributed by atoms with Gasteiger partial charge >= 0.3 is 0 Å². The number of carbonyl (C=O) groups excluding carboxylic acids is 1. The van der Waals surface area contributed by atoms with Crippen molar-refractivity contribution in [3.05, 3.63) is 35.9 Å². The molecule has 1 aliphatic rings. The Kier molecular flexibility index (Phi) is 2.54. The molecule has 1 aliphatic carbocycles. The normalized spacial score (nSPS) is 18.5. The highest BCUT2D eigenvalue weighted by Gasteiger charge is 2.40. The van der Waals surface area contributed by atoms with Crippen molar-refractivity contribution in [2.24, 2.45) is 0 Å². The third kappa shape index (κ3) is 1.67. The predicted molar refractivity (Wildman–Crippen MR) is 72.0 cm³/mol. The van der Waals surface area contributed by atoms with E-state index >= 15 is 0 Å². The highest BCUT2D eigenvalue weighted by Crippen LogP contribution is 2.47. The van der Waals surface area contributed by atoms with Crippen molar-refractivity contribution in [1.29, 1.82) is 0 Å². The molecule has 94 valence electrons. The Balaban J connectivity index is 1.98. The zero-order chi connectivity index (χ0) is 12.8. The minimum Gasteiger partial charge on any atom is -0.457 e. The van der Waals surface area contributed by atoms with Crippen LogP contribution in [0, 0.1) is 0 Å². The minimum absolute atomic E-state index is 0.00211. The van der Waals surface area contributed by atoms with Gasteiger partial charge in [0.25, 0.3) is 0 Å². The van der Waals surface area contributed by atoms with Crippen LogP contribution in [0.4, 0.5) is 0 Å². The molecule has 0 radical (unpaired) electrons. The number of Topliss-reactive ketones (excluding diaryl/α,β-unsaturated/α-hetero) is 1. The van der Waals surface area contributed by atoms with E-state index in [0.717, 1.165) is 24.0 Å². The second-order valence-corrected chi connectivity index (χ2v) is 5.63. The van der Waals surface area contributed by atoms with Gasteiger partial charge in [0.2, 0.25) is 0 Å². The largest absolute Gasteiger partial charge is 0.457 e. The lowest BCUT2D eigenvalue weighted by Gasteiger charge is -2.27. The third-order valence-electron chi connectivity index (χ3n) is 4.29. The molecular formula is C16H18O2. The van der Waals surface area contributed by atoms with E-state index in [1.165, 1.54) is 18.4 Å². The molecule has 0 amide bonds. The molecule has 3 rings (SSSR count). The first kappa shape index (κ1) is 11.5. The molecule has 2 aromatic rings. The molecule has 0 N–H and O–H groups in total. The third-order valence-corrected chi connectivity index (χ3v) is 4.29. The van der Waals surface area contributed by atoms with Gasteiger partial charge in [-0.3, -0.25) is 4.79 Å². The summed E-state index contributed by atoms with van der Waals surface area (Å²) in [7, 11) is 0. The van der Waals surface area contributed by atoms with Crippen LogP contribution in [0.3, 0.4) is 0 Å². The van der Waals surface area contributed by atoms with E-state index in [-0.39, 0.29) is 11.2 Å². The first-order valence-electron chi connectivity index (χ1n) is 6.62. The molecule has 0 saturated heterocycles. The summed E-state index contributed by atoms with van der Waals surface area (Å²) >= 11 is 0. The van der Waals surface area contributed by atoms with Crippen molar-refractivity contribution in [1.82, 2.24) is 0 Å². The summed E-state index contributed by atoms with van der Waals surface area (Å²) in [5.41, 5.74) is 3.79. The van der Waals surface area contributed by atoms with E-state index in [0.29, 0.717) is 12.0 Å². The Bertz CT molecular complexity index is 585. The van der Waals surface area contributed by atoms with E-state index < -0.39 is 0 Å². The van der Waals surface area contributed by atoms with Crippen LogP contribution in [-0.4, -0.2) is 5.78 Å². The number of furan rings is 2. The molecule has 0 atom stereocenters. The van der Waals surface area contributed by atoms with Crippen LogP contribution < -0.4 is 0 Å². The first-order chi connectivity index (χ1) is 8.61.